The van der Waals surface area contributed by atoms with Crippen LogP contribution in [-0.2, 0) is 0 Å². The first-order valence-corrected chi connectivity index (χ1v) is 5.34. The fourth-order valence-corrected chi connectivity index (χ4v) is 2.39. The van der Waals surface area contributed by atoms with Crippen LogP contribution in [-0.4, -0.2) is 22.2 Å². The first-order valence-electron chi connectivity index (χ1n) is 5.34. The van der Waals surface area contributed by atoms with Gasteiger partial charge in [0, 0.05) is 11.1 Å². The molecule has 88 valence electrons. The molecule has 0 amide bonds. The molecule has 18 heavy (non-hydrogen) atoms. The Morgan fingerprint density at radius 2 is 1.11 bits per heavy atom. The summed E-state index contributed by atoms with van der Waals surface area (Å²) >= 11 is 0. The monoisotopic (exact) mass is 240 g/mol. The largest absolute Gasteiger partial charge is 0.478 e. The average Bonchev–Trinajstić information content (AvgIpc) is 2.33. The van der Waals surface area contributed by atoms with E-state index in [1.165, 1.54) is 12.1 Å². The summed E-state index contributed by atoms with van der Waals surface area (Å²) in [6.45, 7) is 0. The molecule has 1 aliphatic rings. The molecule has 2 aromatic rings. The normalized spacial score (nSPS) is 11.1. The number of carboxylic acid groups (broad SMARTS) is 2. The predicted octanol–water partition coefficient (Wildman–Crippen LogP) is 2.73. The molecule has 3 rings (SSSR count). The van der Waals surface area contributed by atoms with Crippen LogP contribution in [0, 0.1) is 0 Å². The van der Waals surface area contributed by atoms with Gasteiger partial charge >= 0.3 is 11.9 Å². The first kappa shape index (κ1) is 10.5. The summed E-state index contributed by atoms with van der Waals surface area (Å²) in [5.74, 6) is -2.09. The summed E-state index contributed by atoms with van der Waals surface area (Å²) in [7, 11) is 0. The van der Waals surface area contributed by atoms with Crippen molar-refractivity contribution in [2.24, 2.45) is 0 Å². The molecular formula is C14H8O4. The Labute approximate surface area is 102 Å². The molecule has 0 radical (unpaired) electrons. The highest BCUT2D eigenvalue weighted by Crippen LogP contribution is 2.50. The van der Waals surface area contributed by atoms with Gasteiger partial charge in [0.25, 0.3) is 0 Å². The molecule has 2 aromatic carbocycles. The molecule has 0 aromatic heterocycles. The van der Waals surface area contributed by atoms with Crippen molar-refractivity contribution >= 4 is 11.9 Å². The van der Waals surface area contributed by atoms with E-state index in [1.807, 2.05) is 0 Å². The lowest BCUT2D eigenvalue weighted by molar-refractivity contribution is 0.0684. The Morgan fingerprint density at radius 3 is 1.44 bits per heavy atom. The molecule has 0 atom stereocenters. The zero-order valence-electron chi connectivity index (χ0n) is 9.18. The van der Waals surface area contributed by atoms with Gasteiger partial charge in [-0.1, -0.05) is 24.3 Å². The standard InChI is InChI=1S/C14H8O4/c15-13(16)9-5-1-3-7-8-4-2-6-10(14(17)18)12(8)11(7)9/h1-6H,(H,15,16)(H,17,18). The van der Waals surface area contributed by atoms with Crippen molar-refractivity contribution in [3.8, 4) is 22.3 Å². The van der Waals surface area contributed by atoms with Gasteiger partial charge in [0.15, 0.2) is 0 Å². The average molecular weight is 240 g/mol. The second kappa shape index (κ2) is 3.43. The summed E-state index contributed by atoms with van der Waals surface area (Å²) in [6, 6.07) is 9.91. The number of carbonyl (C=O) groups is 2. The molecule has 4 nitrogen and oxygen atoms in total. The Hall–Kier alpha value is -2.62. The van der Waals surface area contributed by atoms with E-state index in [0.717, 1.165) is 11.1 Å². The molecule has 0 saturated heterocycles. The minimum absolute atomic E-state index is 0.147. The van der Waals surface area contributed by atoms with Gasteiger partial charge in [0.2, 0.25) is 0 Å². The molecule has 2 N–H and O–H groups in total. The van der Waals surface area contributed by atoms with Crippen LogP contribution in [0.25, 0.3) is 22.3 Å². The number of aromatic carboxylic acids is 2. The Kier molecular flexibility index (Phi) is 2.01. The molecule has 0 bridgehead atoms. The van der Waals surface area contributed by atoms with E-state index < -0.39 is 11.9 Å². The SMILES string of the molecule is O=C(O)c1cccc2c1-c1c(C(=O)O)cccc1-2. The molecule has 4 heteroatoms. The molecule has 0 aliphatic heterocycles. The van der Waals surface area contributed by atoms with Crippen molar-refractivity contribution in [1.82, 2.24) is 0 Å². The maximum absolute atomic E-state index is 11.2. The van der Waals surface area contributed by atoms with Crippen LogP contribution >= 0.6 is 0 Å². The minimum Gasteiger partial charge on any atom is -0.478 e. The summed E-state index contributed by atoms with van der Waals surface area (Å²) in [5.41, 5.74) is 2.94. The van der Waals surface area contributed by atoms with Gasteiger partial charge in [-0.2, -0.15) is 0 Å². The molecule has 0 heterocycles. The van der Waals surface area contributed by atoms with Crippen molar-refractivity contribution in [2.45, 2.75) is 0 Å². The van der Waals surface area contributed by atoms with Gasteiger partial charge in [-0.15, -0.1) is 0 Å². The van der Waals surface area contributed by atoms with Crippen LogP contribution < -0.4 is 0 Å². The number of rotatable bonds is 2. The van der Waals surface area contributed by atoms with Crippen molar-refractivity contribution < 1.29 is 19.8 Å². The Morgan fingerprint density at radius 1 is 0.722 bits per heavy atom. The smallest absolute Gasteiger partial charge is 0.336 e. The van der Waals surface area contributed by atoms with E-state index in [4.69, 9.17) is 10.2 Å². The summed E-state index contributed by atoms with van der Waals surface area (Å²) in [4.78, 5) is 22.3. The lowest BCUT2D eigenvalue weighted by atomic mass is 9.75. The van der Waals surface area contributed by atoms with Gasteiger partial charge in [-0.3, -0.25) is 0 Å². The van der Waals surface area contributed by atoms with E-state index in [2.05, 4.69) is 0 Å². The minimum atomic E-state index is -1.04. The molecule has 0 saturated carbocycles. The highest BCUT2D eigenvalue weighted by atomic mass is 16.4. The number of hydrogen-bond donors (Lipinski definition) is 2. The van der Waals surface area contributed by atoms with Crippen LogP contribution in [0.1, 0.15) is 20.7 Å². The van der Waals surface area contributed by atoms with Crippen molar-refractivity contribution in [3.05, 3.63) is 47.5 Å². The highest BCUT2D eigenvalue weighted by Gasteiger charge is 2.31. The number of carboxylic acids is 2. The Bertz CT molecular complexity index is 639. The molecule has 0 spiro atoms. The Balaban J connectivity index is 2.32. The number of fused-ring (bicyclic) bond motifs is 4. The van der Waals surface area contributed by atoms with Crippen LogP contribution in [0.3, 0.4) is 0 Å². The van der Waals surface area contributed by atoms with Gasteiger partial charge in [0.05, 0.1) is 11.1 Å². The van der Waals surface area contributed by atoms with E-state index in [9.17, 15) is 9.59 Å². The quantitative estimate of drug-likeness (QED) is 0.722. The second-order valence-corrected chi connectivity index (χ2v) is 4.07. The van der Waals surface area contributed by atoms with Crippen molar-refractivity contribution in [2.75, 3.05) is 0 Å². The zero-order valence-corrected chi connectivity index (χ0v) is 9.18. The number of benzene rings is 2. The first-order chi connectivity index (χ1) is 8.61. The third kappa shape index (κ3) is 1.20. The molecular weight excluding hydrogens is 232 g/mol. The van der Waals surface area contributed by atoms with Crippen molar-refractivity contribution in [1.29, 1.82) is 0 Å². The fourth-order valence-electron chi connectivity index (χ4n) is 2.39. The summed E-state index contributed by atoms with van der Waals surface area (Å²) in [5, 5.41) is 18.3. The molecule has 0 fully saturated rings. The third-order valence-electron chi connectivity index (χ3n) is 3.13. The van der Waals surface area contributed by atoms with Crippen LogP contribution in [0.5, 0.6) is 0 Å². The van der Waals surface area contributed by atoms with E-state index in [0.29, 0.717) is 11.1 Å². The number of hydrogen-bond acceptors (Lipinski definition) is 2. The van der Waals surface area contributed by atoms with Crippen LogP contribution in [0.15, 0.2) is 36.4 Å². The topological polar surface area (TPSA) is 74.6 Å². The third-order valence-corrected chi connectivity index (χ3v) is 3.13. The molecule has 0 unspecified atom stereocenters. The van der Waals surface area contributed by atoms with Gasteiger partial charge in [-0.25, -0.2) is 9.59 Å². The van der Waals surface area contributed by atoms with E-state index >= 15 is 0 Å². The van der Waals surface area contributed by atoms with Gasteiger partial charge in [-0.05, 0) is 23.3 Å². The fraction of sp³-hybridized carbons (Fsp3) is 0. The maximum Gasteiger partial charge on any atom is 0.336 e. The predicted molar refractivity (Wildman–Crippen MR) is 64.8 cm³/mol. The lowest BCUT2D eigenvalue weighted by Crippen LogP contribution is -2.12. The summed E-state index contributed by atoms with van der Waals surface area (Å²) < 4.78 is 0. The van der Waals surface area contributed by atoms with E-state index in [-0.39, 0.29) is 11.1 Å². The second-order valence-electron chi connectivity index (χ2n) is 4.07. The lowest BCUT2D eigenvalue weighted by Gasteiger charge is -2.26. The molecule has 1 aliphatic carbocycles. The van der Waals surface area contributed by atoms with Crippen LogP contribution in [0.4, 0.5) is 0 Å². The van der Waals surface area contributed by atoms with E-state index in [1.54, 1.807) is 24.3 Å². The van der Waals surface area contributed by atoms with Gasteiger partial charge in [0.1, 0.15) is 0 Å². The zero-order chi connectivity index (χ0) is 12.9. The van der Waals surface area contributed by atoms with Gasteiger partial charge < -0.3 is 10.2 Å². The maximum atomic E-state index is 11.2. The van der Waals surface area contributed by atoms with Crippen molar-refractivity contribution in [3.63, 3.8) is 0 Å². The summed E-state index contributed by atoms with van der Waals surface area (Å²) in [6.07, 6.45) is 0. The highest BCUT2D eigenvalue weighted by molar-refractivity contribution is 6.16. The van der Waals surface area contributed by atoms with Crippen LogP contribution in [0.2, 0.25) is 0 Å².